The molecule has 1 heterocycles. The third-order valence-corrected chi connectivity index (χ3v) is 6.20. The van der Waals surface area contributed by atoms with E-state index in [4.69, 9.17) is 0 Å². The Morgan fingerprint density at radius 3 is 2.52 bits per heavy atom. The van der Waals surface area contributed by atoms with Gasteiger partial charge in [0.05, 0.1) is 5.92 Å². The van der Waals surface area contributed by atoms with Crippen LogP contribution in [0.15, 0.2) is 48.1 Å². The fourth-order valence-electron chi connectivity index (χ4n) is 3.77. The lowest BCUT2D eigenvalue weighted by atomic mass is 9.92. The molecule has 0 radical (unpaired) electrons. The Kier molecular flexibility index (Phi) is 7.81. The summed E-state index contributed by atoms with van der Waals surface area (Å²) in [6.45, 7) is 6.69. The molecule has 0 saturated carbocycles. The predicted molar refractivity (Wildman–Crippen MR) is 121 cm³/mol. The Morgan fingerprint density at radius 2 is 1.83 bits per heavy atom. The van der Waals surface area contributed by atoms with Crippen LogP contribution in [0.3, 0.4) is 0 Å². The van der Waals surface area contributed by atoms with E-state index in [1.54, 1.807) is 11.9 Å². The van der Waals surface area contributed by atoms with Crippen LogP contribution in [0, 0.1) is 5.92 Å². The zero-order chi connectivity index (χ0) is 20.6. The van der Waals surface area contributed by atoms with Crippen molar-refractivity contribution >= 4 is 29.4 Å². The zero-order valence-corrected chi connectivity index (χ0v) is 18.2. The van der Waals surface area contributed by atoms with Crippen molar-refractivity contribution in [3.8, 4) is 0 Å². The van der Waals surface area contributed by atoms with Crippen LogP contribution in [-0.2, 0) is 4.79 Å². The first-order chi connectivity index (χ1) is 14.1. The molecule has 1 saturated heterocycles. The summed E-state index contributed by atoms with van der Waals surface area (Å²) < 4.78 is 3.24. The lowest BCUT2D eigenvalue weighted by Crippen LogP contribution is -2.40. The first-order valence-corrected chi connectivity index (χ1v) is 11.5. The molecule has 1 unspecified atom stereocenters. The van der Waals surface area contributed by atoms with Crippen molar-refractivity contribution in [1.82, 2.24) is 9.80 Å². The SMILES string of the molecule is CCSNc1ccc(C(=O)N2CCCN(C(=O)C(C)C3=CC=CCC3)CC2)cc1. The largest absolute Gasteiger partial charge is 0.340 e. The molecule has 0 spiro atoms. The number of nitrogens with zero attached hydrogens (tertiary/aromatic N) is 2. The van der Waals surface area contributed by atoms with E-state index in [1.165, 1.54) is 5.57 Å². The van der Waals surface area contributed by atoms with Crippen LogP contribution in [0.2, 0.25) is 0 Å². The molecule has 1 N–H and O–H groups in total. The van der Waals surface area contributed by atoms with Crippen LogP contribution < -0.4 is 4.72 Å². The third-order valence-electron chi connectivity index (χ3n) is 5.53. The van der Waals surface area contributed by atoms with E-state index in [-0.39, 0.29) is 17.7 Å². The average Bonchev–Trinajstić information content (AvgIpc) is 3.03. The Morgan fingerprint density at radius 1 is 1.10 bits per heavy atom. The second-order valence-electron chi connectivity index (χ2n) is 7.51. The summed E-state index contributed by atoms with van der Waals surface area (Å²) in [6.07, 6.45) is 9.06. The van der Waals surface area contributed by atoms with Crippen molar-refractivity contribution in [3.63, 3.8) is 0 Å². The highest BCUT2D eigenvalue weighted by molar-refractivity contribution is 8.00. The van der Waals surface area contributed by atoms with E-state index in [1.807, 2.05) is 47.1 Å². The lowest BCUT2D eigenvalue weighted by Gasteiger charge is -2.26. The molecule has 3 rings (SSSR count). The molecule has 1 aromatic rings. The van der Waals surface area contributed by atoms with Gasteiger partial charge in [0, 0.05) is 43.2 Å². The topological polar surface area (TPSA) is 52.7 Å². The summed E-state index contributed by atoms with van der Waals surface area (Å²) in [4.78, 5) is 29.7. The van der Waals surface area contributed by atoms with Crippen molar-refractivity contribution in [2.75, 3.05) is 36.7 Å². The number of hydrogen-bond donors (Lipinski definition) is 1. The van der Waals surface area contributed by atoms with E-state index >= 15 is 0 Å². The van der Waals surface area contributed by atoms with Crippen molar-refractivity contribution < 1.29 is 9.59 Å². The second kappa shape index (κ2) is 10.5. The van der Waals surface area contributed by atoms with Crippen LogP contribution in [-0.4, -0.2) is 53.5 Å². The summed E-state index contributed by atoms with van der Waals surface area (Å²) in [7, 11) is 0. The van der Waals surface area contributed by atoms with Gasteiger partial charge in [0.15, 0.2) is 0 Å². The summed E-state index contributed by atoms with van der Waals surface area (Å²) in [5.74, 6) is 1.13. The molecule has 1 atom stereocenters. The monoisotopic (exact) mass is 413 g/mol. The fourth-order valence-corrected chi connectivity index (χ4v) is 4.22. The van der Waals surface area contributed by atoms with Gasteiger partial charge in [-0.1, -0.05) is 42.7 Å². The number of benzene rings is 1. The predicted octanol–water partition coefficient (Wildman–Crippen LogP) is 4.35. The van der Waals surface area contributed by atoms with Gasteiger partial charge >= 0.3 is 0 Å². The number of amides is 2. The molecule has 2 amide bonds. The van der Waals surface area contributed by atoms with E-state index in [0.717, 1.165) is 30.7 Å². The average molecular weight is 414 g/mol. The highest BCUT2D eigenvalue weighted by Crippen LogP contribution is 2.23. The maximum Gasteiger partial charge on any atom is 0.253 e. The van der Waals surface area contributed by atoms with Crippen molar-refractivity contribution in [1.29, 1.82) is 0 Å². The third kappa shape index (κ3) is 5.66. The van der Waals surface area contributed by atoms with Gasteiger partial charge in [0.1, 0.15) is 0 Å². The summed E-state index contributed by atoms with van der Waals surface area (Å²) in [6, 6.07) is 7.63. The van der Waals surface area contributed by atoms with E-state index in [9.17, 15) is 9.59 Å². The maximum atomic E-state index is 13.0. The number of nitrogens with one attached hydrogen (secondary N) is 1. The Hall–Kier alpha value is -2.21. The second-order valence-corrected chi connectivity index (χ2v) is 8.58. The molecular formula is C23H31N3O2S. The minimum atomic E-state index is -0.0803. The first-order valence-electron chi connectivity index (χ1n) is 10.5. The molecule has 29 heavy (non-hydrogen) atoms. The first kappa shape index (κ1) is 21.5. The van der Waals surface area contributed by atoms with Crippen LogP contribution in [0.4, 0.5) is 5.69 Å². The van der Waals surface area contributed by atoms with Gasteiger partial charge in [-0.15, -0.1) is 0 Å². The maximum absolute atomic E-state index is 13.0. The van der Waals surface area contributed by atoms with Gasteiger partial charge in [-0.25, -0.2) is 0 Å². The minimum absolute atomic E-state index is 0.0437. The molecule has 6 heteroatoms. The summed E-state index contributed by atoms with van der Waals surface area (Å²) in [5.41, 5.74) is 2.91. The number of hydrogen-bond acceptors (Lipinski definition) is 4. The number of allylic oxidation sites excluding steroid dienone is 3. The highest BCUT2D eigenvalue weighted by Gasteiger charge is 2.27. The molecule has 0 aromatic heterocycles. The lowest BCUT2D eigenvalue weighted by molar-refractivity contribution is -0.133. The smallest absolute Gasteiger partial charge is 0.253 e. The number of carbonyl (C=O) groups is 2. The van der Waals surface area contributed by atoms with Gasteiger partial charge in [-0.05, 0) is 50.5 Å². The molecule has 1 aromatic carbocycles. The van der Waals surface area contributed by atoms with Crippen molar-refractivity contribution in [2.45, 2.75) is 33.1 Å². The summed E-state index contributed by atoms with van der Waals surface area (Å²) >= 11 is 1.63. The summed E-state index contributed by atoms with van der Waals surface area (Å²) in [5, 5.41) is 0. The zero-order valence-electron chi connectivity index (χ0n) is 17.4. The molecule has 1 fully saturated rings. The molecule has 2 aliphatic rings. The van der Waals surface area contributed by atoms with Crippen LogP contribution in [0.5, 0.6) is 0 Å². The van der Waals surface area contributed by atoms with Gasteiger partial charge < -0.3 is 14.5 Å². The van der Waals surface area contributed by atoms with E-state index in [2.05, 4.69) is 23.8 Å². The Balaban J connectivity index is 1.57. The van der Waals surface area contributed by atoms with E-state index in [0.29, 0.717) is 31.7 Å². The van der Waals surface area contributed by atoms with Crippen molar-refractivity contribution in [3.05, 3.63) is 53.6 Å². The number of carbonyl (C=O) groups excluding carboxylic acids is 2. The van der Waals surface area contributed by atoms with E-state index < -0.39 is 0 Å². The molecule has 156 valence electrons. The standard InChI is InChI=1S/C23H31N3O2S/c1-3-29-24-21-12-10-20(11-13-21)23(28)26-15-7-14-25(16-17-26)22(27)18(2)19-8-5-4-6-9-19/h4-5,8,10-13,18,24H,3,6-7,9,14-17H2,1-2H3. The number of anilines is 1. The van der Waals surface area contributed by atoms with Crippen LogP contribution >= 0.6 is 11.9 Å². The van der Waals surface area contributed by atoms with Crippen molar-refractivity contribution in [2.24, 2.45) is 5.92 Å². The Labute approximate surface area is 178 Å². The molecule has 5 nitrogen and oxygen atoms in total. The fraction of sp³-hybridized carbons (Fsp3) is 0.478. The highest BCUT2D eigenvalue weighted by atomic mass is 32.2. The normalized spacial score (nSPS) is 18.1. The van der Waals surface area contributed by atoms with Gasteiger partial charge in [0.2, 0.25) is 5.91 Å². The molecule has 1 aliphatic carbocycles. The van der Waals surface area contributed by atoms with Crippen LogP contribution in [0.25, 0.3) is 0 Å². The molecule has 0 bridgehead atoms. The molecular weight excluding hydrogens is 382 g/mol. The van der Waals surface area contributed by atoms with Crippen LogP contribution in [0.1, 0.15) is 43.5 Å². The van der Waals surface area contributed by atoms with Gasteiger partial charge in [0.25, 0.3) is 5.91 Å². The minimum Gasteiger partial charge on any atom is -0.340 e. The van der Waals surface area contributed by atoms with Gasteiger partial charge in [-0.3, -0.25) is 9.59 Å². The Bertz CT molecular complexity index is 773. The number of rotatable bonds is 6. The van der Waals surface area contributed by atoms with Gasteiger partial charge in [-0.2, -0.15) is 0 Å². The quantitative estimate of drug-likeness (QED) is 0.705. The molecule has 1 aliphatic heterocycles.